The molecule has 0 saturated heterocycles. The highest BCUT2D eigenvalue weighted by molar-refractivity contribution is 5.91. The highest BCUT2D eigenvalue weighted by atomic mass is 19.1. The molecule has 0 fully saturated rings. The molecule has 4 heteroatoms. The van der Waals surface area contributed by atoms with E-state index in [1.54, 1.807) is 25.1 Å². The number of benzene rings is 1. The van der Waals surface area contributed by atoms with Gasteiger partial charge in [-0.2, -0.15) is 0 Å². The van der Waals surface area contributed by atoms with E-state index in [0.29, 0.717) is 6.42 Å². The molecule has 0 bridgehead atoms. The maximum absolute atomic E-state index is 12.7. The Morgan fingerprint density at radius 1 is 1.42 bits per heavy atom. The van der Waals surface area contributed by atoms with Crippen LogP contribution >= 0.6 is 0 Å². The summed E-state index contributed by atoms with van der Waals surface area (Å²) in [4.78, 5) is 11.6. The average molecular weight is 265 g/mol. The van der Waals surface area contributed by atoms with Gasteiger partial charge in [-0.15, -0.1) is 0 Å². The minimum atomic E-state index is -0.881. The summed E-state index contributed by atoms with van der Waals surface area (Å²) in [5.74, 6) is -0.585. The number of hydrogen-bond donors (Lipinski definition) is 2. The summed E-state index contributed by atoms with van der Waals surface area (Å²) in [6, 6.07) is 5.85. The van der Waals surface area contributed by atoms with Gasteiger partial charge in [0.2, 0.25) is 5.91 Å². The molecule has 0 aliphatic rings. The normalized spacial score (nSPS) is 14.3. The van der Waals surface area contributed by atoms with E-state index in [1.165, 1.54) is 18.2 Å². The first kappa shape index (κ1) is 15.4. The van der Waals surface area contributed by atoms with E-state index in [1.807, 2.05) is 6.92 Å². The van der Waals surface area contributed by atoms with Crippen molar-refractivity contribution in [1.29, 1.82) is 0 Å². The first-order valence-electron chi connectivity index (χ1n) is 6.37. The molecule has 0 aromatic heterocycles. The van der Waals surface area contributed by atoms with Crippen LogP contribution in [0.2, 0.25) is 0 Å². The first-order valence-corrected chi connectivity index (χ1v) is 6.37. The minimum Gasteiger partial charge on any atom is -0.388 e. The van der Waals surface area contributed by atoms with Gasteiger partial charge in [0.25, 0.3) is 0 Å². The van der Waals surface area contributed by atoms with Crippen LogP contribution in [-0.2, 0) is 4.79 Å². The van der Waals surface area contributed by atoms with Crippen molar-refractivity contribution in [1.82, 2.24) is 5.32 Å². The van der Waals surface area contributed by atoms with E-state index in [2.05, 4.69) is 5.32 Å². The Hall–Kier alpha value is -1.68. The molecule has 3 nitrogen and oxygen atoms in total. The van der Waals surface area contributed by atoms with E-state index in [9.17, 15) is 14.3 Å². The molecule has 1 aromatic carbocycles. The molecule has 1 unspecified atom stereocenters. The molecular weight excluding hydrogens is 245 g/mol. The van der Waals surface area contributed by atoms with Crippen molar-refractivity contribution >= 4 is 12.0 Å². The molecule has 1 amide bonds. The minimum absolute atomic E-state index is 0.216. The third-order valence-electron chi connectivity index (χ3n) is 2.73. The Morgan fingerprint density at radius 3 is 2.63 bits per heavy atom. The van der Waals surface area contributed by atoms with Gasteiger partial charge in [-0.25, -0.2) is 4.39 Å². The van der Waals surface area contributed by atoms with Crippen LogP contribution in [0.15, 0.2) is 30.3 Å². The first-order chi connectivity index (χ1) is 8.93. The zero-order valence-corrected chi connectivity index (χ0v) is 11.3. The molecule has 104 valence electrons. The molecular formula is C15H20FNO2. The Labute approximate surface area is 113 Å². The van der Waals surface area contributed by atoms with E-state index < -0.39 is 5.60 Å². The zero-order valence-electron chi connectivity index (χ0n) is 11.3. The maximum atomic E-state index is 12.7. The van der Waals surface area contributed by atoms with Gasteiger partial charge in [0, 0.05) is 12.6 Å². The summed E-state index contributed by atoms with van der Waals surface area (Å²) < 4.78 is 12.7. The van der Waals surface area contributed by atoms with Crippen LogP contribution in [-0.4, -0.2) is 23.2 Å². The number of hydrogen-bond acceptors (Lipinski definition) is 2. The third-order valence-corrected chi connectivity index (χ3v) is 2.73. The van der Waals surface area contributed by atoms with E-state index in [4.69, 9.17) is 0 Å². The van der Waals surface area contributed by atoms with Crippen LogP contribution in [0.4, 0.5) is 4.39 Å². The fraction of sp³-hybridized carbons (Fsp3) is 0.400. The highest BCUT2D eigenvalue weighted by Crippen LogP contribution is 2.10. The van der Waals surface area contributed by atoms with Crippen LogP contribution in [0.1, 0.15) is 32.3 Å². The number of carbonyl (C=O) groups is 1. The summed E-state index contributed by atoms with van der Waals surface area (Å²) in [6.07, 6.45) is 4.46. The molecule has 2 N–H and O–H groups in total. The van der Waals surface area contributed by atoms with Crippen molar-refractivity contribution in [2.75, 3.05) is 6.54 Å². The van der Waals surface area contributed by atoms with Crippen LogP contribution in [0.5, 0.6) is 0 Å². The predicted octanol–water partition coefficient (Wildman–Crippen LogP) is 2.51. The summed E-state index contributed by atoms with van der Waals surface area (Å²) in [5.41, 5.74) is -0.134. The number of carbonyl (C=O) groups excluding carboxylic acids is 1. The number of aliphatic hydroxyl groups is 1. The summed E-state index contributed by atoms with van der Waals surface area (Å²) in [5, 5.41) is 12.5. The van der Waals surface area contributed by atoms with E-state index >= 15 is 0 Å². The molecule has 0 spiro atoms. The van der Waals surface area contributed by atoms with Crippen molar-refractivity contribution in [2.45, 2.75) is 32.3 Å². The lowest BCUT2D eigenvalue weighted by molar-refractivity contribution is -0.117. The fourth-order valence-electron chi connectivity index (χ4n) is 1.71. The van der Waals surface area contributed by atoms with Gasteiger partial charge >= 0.3 is 0 Å². The monoisotopic (exact) mass is 265 g/mol. The smallest absolute Gasteiger partial charge is 0.244 e. The zero-order chi connectivity index (χ0) is 14.3. The van der Waals surface area contributed by atoms with Gasteiger partial charge in [-0.05, 0) is 37.1 Å². The summed E-state index contributed by atoms with van der Waals surface area (Å²) in [7, 11) is 0. The van der Waals surface area contributed by atoms with Gasteiger partial charge in [0.15, 0.2) is 0 Å². The van der Waals surface area contributed by atoms with Crippen molar-refractivity contribution in [3.8, 4) is 0 Å². The lowest BCUT2D eigenvalue weighted by atomic mass is 10.0. The quantitative estimate of drug-likeness (QED) is 0.776. The van der Waals surface area contributed by atoms with E-state index in [-0.39, 0.29) is 18.3 Å². The third kappa shape index (κ3) is 6.15. The number of halogens is 1. The van der Waals surface area contributed by atoms with Crippen LogP contribution < -0.4 is 5.32 Å². The van der Waals surface area contributed by atoms with Crippen molar-refractivity contribution < 1.29 is 14.3 Å². The summed E-state index contributed by atoms with van der Waals surface area (Å²) >= 11 is 0. The topological polar surface area (TPSA) is 49.3 Å². The van der Waals surface area contributed by atoms with Crippen molar-refractivity contribution in [3.63, 3.8) is 0 Å². The second-order valence-electron chi connectivity index (χ2n) is 4.85. The SMILES string of the molecule is CCCC(C)(O)CNC(=O)/C=C/c1ccc(F)cc1. The molecule has 0 aliphatic carbocycles. The molecule has 0 radical (unpaired) electrons. The Morgan fingerprint density at radius 2 is 2.05 bits per heavy atom. The molecule has 0 heterocycles. The van der Waals surface area contributed by atoms with Crippen molar-refractivity contribution in [2.24, 2.45) is 0 Å². The molecule has 1 aromatic rings. The molecule has 19 heavy (non-hydrogen) atoms. The Kier molecular flexibility index (Phi) is 5.70. The molecule has 1 rings (SSSR count). The number of amides is 1. The Bertz CT molecular complexity index is 438. The fourth-order valence-corrected chi connectivity index (χ4v) is 1.71. The lowest BCUT2D eigenvalue weighted by Gasteiger charge is -2.22. The summed E-state index contributed by atoms with van der Waals surface area (Å²) in [6.45, 7) is 3.89. The highest BCUT2D eigenvalue weighted by Gasteiger charge is 2.18. The second-order valence-corrected chi connectivity index (χ2v) is 4.85. The van der Waals surface area contributed by atoms with Gasteiger partial charge in [-0.1, -0.05) is 25.5 Å². The number of rotatable bonds is 6. The predicted molar refractivity (Wildman–Crippen MR) is 74.0 cm³/mol. The second kappa shape index (κ2) is 7.04. The molecule has 1 atom stereocenters. The van der Waals surface area contributed by atoms with Gasteiger partial charge in [0.05, 0.1) is 5.60 Å². The number of nitrogens with one attached hydrogen (secondary N) is 1. The van der Waals surface area contributed by atoms with Gasteiger partial charge in [0.1, 0.15) is 5.82 Å². The van der Waals surface area contributed by atoms with Crippen LogP contribution in [0, 0.1) is 5.82 Å². The van der Waals surface area contributed by atoms with Gasteiger partial charge < -0.3 is 10.4 Å². The van der Waals surface area contributed by atoms with Gasteiger partial charge in [-0.3, -0.25) is 4.79 Å². The standard InChI is InChI=1S/C15H20FNO2/c1-3-10-15(2,19)11-17-14(18)9-6-12-4-7-13(16)8-5-12/h4-9,19H,3,10-11H2,1-2H3,(H,17,18)/b9-6+. The molecule has 0 saturated carbocycles. The Balaban J connectivity index is 2.45. The van der Waals surface area contributed by atoms with Crippen LogP contribution in [0.25, 0.3) is 6.08 Å². The van der Waals surface area contributed by atoms with Crippen molar-refractivity contribution in [3.05, 3.63) is 41.7 Å². The average Bonchev–Trinajstić information content (AvgIpc) is 2.36. The largest absolute Gasteiger partial charge is 0.388 e. The lowest BCUT2D eigenvalue weighted by Crippen LogP contribution is -2.39. The maximum Gasteiger partial charge on any atom is 0.244 e. The molecule has 0 aliphatic heterocycles. The van der Waals surface area contributed by atoms with Crippen LogP contribution in [0.3, 0.4) is 0 Å². The van der Waals surface area contributed by atoms with E-state index in [0.717, 1.165) is 12.0 Å².